The van der Waals surface area contributed by atoms with E-state index in [-0.39, 0.29) is 12.5 Å². The van der Waals surface area contributed by atoms with Gasteiger partial charge in [0.1, 0.15) is 0 Å². The summed E-state index contributed by atoms with van der Waals surface area (Å²) in [5.41, 5.74) is 2.54. The first kappa shape index (κ1) is 13.8. The summed E-state index contributed by atoms with van der Waals surface area (Å²) >= 11 is 3.46. The van der Waals surface area contributed by atoms with Crippen molar-refractivity contribution in [3.63, 3.8) is 0 Å². The van der Waals surface area contributed by atoms with E-state index in [9.17, 15) is 9.90 Å². The third kappa shape index (κ3) is 2.55. The van der Waals surface area contributed by atoms with E-state index in [1.54, 1.807) is 18.5 Å². The Kier molecular flexibility index (Phi) is 3.72. The topological polar surface area (TPSA) is 78.0 Å². The number of hydrogen-bond acceptors (Lipinski definition) is 3. The predicted molar refractivity (Wildman–Crippen MR) is 84.1 cm³/mol. The van der Waals surface area contributed by atoms with Crippen molar-refractivity contribution in [1.29, 1.82) is 0 Å². The summed E-state index contributed by atoms with van der Waals surface area (Å²) in [4.78, 5) is 19.5. The molecule has 106 valence electrons. The number of aromatic nitrogens is 2. The number of H-pyrrole nitrogens is 1. The number of rotatable bonds is 3. The van der Waals surface area contributed by atoms with Gasteiger partial charge in [0.25, 0.3) is 5.91 Å². The average Bonchev–Trinajstić information content (AvgIpc) is 2.93. The highest BCUT2D eigenvalue weighted by Gasteiger charge is 2.15. The van der Waals surface area contributed by atoms with Crippen molar-refractivity contribution in [2.75, 3.05) is 5.32 Å². The number of halogens is 1. The van der Waals surface area contributed by atoms with E-state index in [4.69, 9.17) is 0 Å². The Morgan fingerprint density at radius 1 is 1.38 bits per heavy atom. The molecule has 0 aliphatic rings. The summed E-state index contributed by atoms with van der Waals surface area (Å²) in [6, 6.07) is 7.35. The van der Waals surface area contributed by atoms with Crippen LogP contribution in [0.25, 0.3) is 10.9 Å². The van der Waals surface area contributed by atoms with Gasteiger partial charge in [-0.1, -0.05) is 22.0 Å². The SMILES string of the molecule is O=C(Nc1cnccc1CO)c1c[nH]c2cccc(Br)c12. The van der Waals surface area contributed by atoms with Gasteiger partial charge in [0.15, 0.2) is 0 Å². The number of aliphatic hydroxyl groups excluding tert-OH is 1. The number of fused-ring (bicyclic) bond motifs is 1. The fourth-order valence-corrected chi connectivity index (χ4v) is 2.76. The van der Waals surface area contributed by atoms with Gasteiger partial charge in [0.05, 0.1) is 24.1 Å². The second-order valence-electron chi connectivity index (χ2n) is 4.51. The maximum Gasteiger partial charge on any atom is 0.257 e. The molecule has 0 radical (unpaired) electrons. The Morgan fingerprint density at radius 3 is 3.05 bits per heavy atom. The highest BCUT2D eigenvalue weighted by molar-refractivity contribution is 9.10. The van der Waals surface area contributed by atoms with Gasteiger partial charge in [-0.2, -0.15) is 0 Å². The lowest BCUT2D eigenvalue weighted by Crippen LogP contribution is -2.13. The van der Waals surface area contributed by atoms with Crippen LogP contribution in [0.2, 0.25) is 0 Å². The van der Waals surface area contributed by atoms with E-state index in [2.05, 4.69) is 31.2 Å². The molecule has 0 aliphatic carbocycles. The number of nitrogens with zero attached hydrogens (tertiary/aromatic N) is 1. The lowest BCUT2D eigenvalue weighted by atomic mass is 10.1. The highest BCUT2D eigenvalue weighted by Crippen LogP contribution is 2.27. The molecule has 21 heavy (non-hydrogen) atoms. The Morgan fingerprint density at radius 2 is 2.24 bits per heavy atom. The van der Waals surface area contributed by atoms with Gasteiger partial charge in [-0.15, -0.1) is 0 Å². The van der Waals surface area contributed by atoms with Crippen LogP contribution >= 0.6 is 15.9 Å². The number of pyridine rings is 1. The van der Waals surface area contributed by atoms with Gasteiger partial charge in [0, 0.05) is 33.3 Å². The molecular weight excluding hydrogens is 334 g/mol. The third-order valence-electron chi connectivity index (χ3n) is 3.23. The van der Waals surface area contributed by atoms with E-state index >= 15 is 0 Å². The minimum Gasteiger partial charge on any atom is -0.392 e. The standard InChI is InChI=1S/C15H12BrN3O2/c16-11-2-1-3-12-14(11)10(6-18-12)15(21)19-13-7-17-5-4-9(13)8-20/h1-7,18,20H,8H2,(H,19,21). The summed E-state index contributed by atoms with van der Waals surface area (Å²) in [5.74, 6) is -0.254. The predicted octanol–water partition coefficient (Wildman–Crippen LogP) is 3.07. The van der Waals surface area contributed by atoms with Gasteiger partial charge in [-0.25, -0.2) is 0 Å². The molecule has 1 aromatic carbocycles. The molecule has 0 fully saturated rings. The van der Waals surface area contributed by atoms with Crippen LogP contribution in [0, 0.1) is 0 Å². The van der Waals surface area contributed by atoms with Crippen LogP contribution in [0.3, 0.4) is 0 Å². The first-order chi connectivity index (χ1) is 10.2. The van der Waals surface area contributed by atoms with Crippen molar-refractivity contribution in [2.45, 2.75) is 6.61 Å². The molecule has 0 saturated carbocycles. The maximum atomic E-state index is 12.4. The molecule has 2 heterocycles. The molecule has 6 heteroatoms. The first-order valence-electron chi connectivity index (χ1n) is 6.31. The summed E-state index contributed by atoms with van der Waals surface area (Å²) < 4.78 is 0.847. The molecule has 1 amide bonds. The normalized spacial score (nSPS) is 10.8. The third-order valence-corrected chi connectivity index (χ3v) is 3.89. The minimum atomic E-state index is -0.254. The van der Waals surface area contributed by atoms with E-state index in [0.29, 0.717) is 16.8 Å². The average molecular weight is 346 g/mol. The number of carbonyl (C=O) groups is 1. The van der Waals surface area contributed by atoms with E-state index < -0.39 is 0 Å². The van der Waals surface area contributed by atoms with Crippen LogP contribution < -0.4 is 5.32 Å². The van der Waals surface area contributed by atoms with Gasteiger partial charge < -0.3 is 15.4 Å². The lowest BCUT2D eigenvalue weighted by Gasteiger charge is -2.08. The second kappa shape index (κ2) is 5.67. The number of benzene rings is 1. The van der Waals surface area contributed by atoms with Gasteiger partial charge in [-0.3, -0.25) is 9.78 Å². The summed E-state index contributed by atoms with van der Waals surface area (Å²) in [7, 11) is 0. The molecule has 2 aromatic heterocycles. The summed E-state index contributed by atoms with van der Waals surface area (Å²) in [6.07, 6.45) is 4.76. The Hall–Kier alpha value is -2.18. The minimum absolute atomic E-state index is 0.157. The number of amides is 1. The number of anilines is 1. The number of aliphatic hydroxyl groups is 1. The van der Waals surface area contributed by atoms with E-state index in [1.807, 2.05) is 18.2 Å². The summed E-state index contributed by atoms with van der Waals surface area (Å²) in [5, 5.41) is 12.9. The van der Waals surface area contributed by atoms with Crippen molar-refractivity contribution < 1.29 is 9.90 Å². The number of carbonyl (C=O) groups excluding carboxylic acids is 1. The summed E-state index contributed by atoms with van der Waals surface area (Å²) in [6.45, 7) is -0.157. The molecule has 0 saturated heterocycles. The van der Waals surface area contributed by atoms with Gasteiger partial charge in [0.2, 0.25) is 0 Å². The van der Waals surface area contributed by atoms with Crippen LogP contribution in [0.5, 0.6) is 0 Å². The molecule has 0 aliphatic heterocycles. The molecule has 3 rings (SSSR count). The number of aromatic amines is 1. The molecule has 0 unspecified atom stereocenters. The zero-order chi connectivity index (χ0) is 14.8. The van der Waals surface area contributed by atoms with Gasteiger partial charge in [-0.05, 0) is 18.2 Å². The van der Waals surface area contributed by atoms with Crippen molar-refractivity contribution >= 4 is 38.4 Å². The molecule has 0 spiro atoms. The molecule has 0 atom stereocenters. The Balaban J connectivity index is 1.98. The molecular formula is C15H12BrN3O2. The fourth-order valence-electron chi connectivity index (χ4n) is 2.18. The Bertz CT molecular complexity index is 814. The zero-order valence-corrected chi connectivity index (χ0v) is 12.5. The smallest absolute Gasteiger partial charge is 0.257 e. The van der Waals surface area contributed by atoms with Crippen LogP contribution in [-0.2, 0) is 6.61 Å². The number of nitrogens with one attached hydrogen (secondary N) is 2. The van der Waals surface area contributed by atoms with Crippen LogP contribution in [-0.4, -0.2) is 21.0 Å². The molecule has 3 aromatic rings. The van der Waals surface area contributed by atoms with Crippen molar-refractivity contribution in [3.05, 3.63) is 58.5 Å². The number of hydrogen-bond donors (Lipinski definition) is 3. The van der Waals surface area contributed by atoms with Crippen molar-refractivity contribution in [3.8, 4) is 0 Å². The first-order valence-corrected chi connectivity index (χ1v) is 7.10. The fraction of sp³-hybridized carbons (Fsp3) is 0.0667. The van der Waals surface area contributed by atoms with Crippen LogP contribution in [0.15, 0.2) is 47.3 Å². The molecule has 3 N–H and O–H groups in total. The lowest BCUT2D eigenvalue weighted by molar-refractivity contribution is 0.102. The Labute approximate surface area is 129 Å². The monoisotopic (exact) mass is 345 g/mol. The largest absolute Gasteiger partial charge is 0.392 e. The zero-order valence-electron chi connectivity index (χ0n) is 10.9. The van der Waals surface area contributed by atoms with Crippen molar-refractivity contribution in [2.24, 2.45) is 0 Å². The quantitative estimate of drug-likeness (QED) is 0.682. The van der Waals surface area contributed by atoms with Crippen molar-refractivity contribution in [1.82, 2.24) is 9.97 Å². The van der Waals surface area contributed by atoms with Gasteiger partial charge >= 0.3 is 0 Å². The molecule has 0 bridgehead atoms. The molecule has 5 nitrogen and oxygen atoms in total. The van der Waals surface area contributed by atoms with Crippen LogP contribution in [0.4, 0.5) is 5.69 Å². The maximum absolute atomic E-state index is 12.4. The second-order valence-corrected chi connectivity index (χ2v) is 5.36. The van der Waals surface area contributed by atoms with E-state index in [0.717, 1.165) is 15.4 Å². The van der Waals surface area contributed by atoms with Crippen LogP contribution in [0.1, 0.15) is 15.9 Å². The van der Waals surface area contributed by atoms with E-state index in [1.165, 1.54) is 6.20 Å². The highest BCUT2D eigenvalue weighted by atomic mass is 79.9.